The molecule has 2 atom stereocenters. The number of hydrogen-bond donors (Lipinski definition) is 2. The van der Waals surface area contributed by atoms with Crippen LogP contribution in [0, 0.1) is 13.8 Å². The first-order valence-corrected chi connectivity index (χ1v) is 7.16. The maximum absolute atomic E-state index is 13.5. The van der Waals surface area contributed by atoms with Crippen LogP contribution in [0.1, 0.15) is 28.0 Å². The van der Waals surface area contributed by atoms with Crippen molar-refractivity contribution in [3.05, 3.63) is 35.0 Å². The van der Waals surface area contributed by atoms with Gasteiger partial charge >= 0.3 is 0 Å². The third-order valence-corrected chi connectivity index (χ3v) is 4.41. The Morgan fingerprint density at radius 3 is 2.95 bits per heavy atom. The summed E-state index contributed by atoms with van der Waals surface area (Å²) in [6.07, 6.45) is -0.847. The summed E-state index contributed by atoms with van der Waals surface area (Å²) in [4.78, 5) is 17.1. The molecule has 1 amide bonds. The first-order chi connectivity index (χ1) is 10.0. The van der Waals surface area contributed by atoms with Crippen LogP contribution in [0.25, 0.3) is 10.9 Å². The molecule has 0 bridgehead atoms. The number of hydrogen-bond acceptors (Lipinski definition) is 2. The first-order valence-electron chi connectivity index (χ1n) is 7.16. The Morgan fingerprint density at radius 2 is 2.24 bits per heavy atom. The summed E-state index contributed by atoms with van der Waals surface area (Å²) in [6.45, 7) is 3.89. The lowest BCUT2D eigenvalue weighted by molar-refractivity contribution is 0.0668. The van der Waals surface area contributed by atoms with Crippen molar-refractivity contribution in [1.82, 2.24) is 9.88 Å². The number of aliphatic hydroxyl groups excluding tert-OH is 1. The lowest BCUT2D eigenvalue weighted by atomic mass is 10.1. The number of aryl methyl sites for hydroxylation is 2. The SMILES string of the molecule is Cc1ccc2[nH]c(C(=O)N3C[C@@H](F)C[C@H]3CO)cc2c1C. The third kappa shape index (κ3) is 2.31. The van der Waals surface area contributed by atoms with Crippen LogP contribution in [0.15, 0.2) is 18.2 Å². The van der Waals surface area contributed by atoms with Crippen molar-refractivity contribution in [1.29, 1.82) is 0 Å². The van der Waals surface area contributed by atoms with Crippen LogP contribution in [0.3, 0.4) is 0 Å². The number of rotatable bonds is 2. The minimum Gasteiger partial charge on any atom is -0.394 e. The van der Waals surface area contributed by atoms with E-state index in [4.69, 9.17) is 0 Å². The fourth-order valence-corrected chi connectivity index (χ4v) is 3.01. The Labute approximate surface area is 122 Å². The summed E-state index contributed by atoms with van der Waals surface area (Å²) in [5.74, 6) is -0.248. The van der Waals surface area contributed by atoms with E-state index in [2.05, 4.69) is 4.98 Å². The van der Waals surface area contributed by atoms with Gasteiger partial charge in [0.05, 0.1) is 19.2 Å². The number of alkyl halides is 1. The van der Waals surface area contributed by atoms with Gasteiger partial charge in [-0.1, -0.05) is 6.07 Å². The second-order valence-corrected chi connectivity index (χ2v) is 5.78. The highest BCUT2D eigenvalue weighted by atomic mass is 19.1. The molecule has 1 fully saturated rings. The second kappa shape index (κ2) is 5.15. The fourth-order valence-electron chi connectivity index (χ4n) is 3.01. The van der Waals surface area contributed by atoms with Gasteiger partial charge in [-0.3, -0.25) is 4.79 Å². The lowest BCUT2D eigenvalue weighted by Gasteiger charge is -2.21. The number of likely N-dealkylation sites (tertiary alicyclic amines) is 1. The Bertz CT molecular complexity index is 695. The minimum atomic E-state index is -1.06. The van der Waals surface area contributed by atoms with Crippen molar-refractivity contribution in [3.63, 3.8) is 0 Å². The number of aliphatic hydroxyl groups is 1. The van der Waals surface area contributed by atoms with E-state index >= 15 is 0 Å². The molecule has 21 heavy (non-hydrogen) atoms. The highest BCUT2D eigenvalue weighted by Gasteiger charge is 2.35. The minimum absolute atomic E-state index is 0.0530. The standard InChI is InChI=1S/C16H19FN2O2/c1-9-3-4-14-13(10(9)2)6-15(18-14)16(21)19-7-11(17)5-12(19)8-20/h3-4,6,11-12,18,20H,5,7-8H2,1-2H3/t11-,12-/m0/s1. The van der Waals surface area contributed by atoms with Crippen LogP contribution in [-0.2, 0) is 0 Å². The number of carbonyl (C=O) groups is 1. The summed E-state index contributed by atoms with van der Waals surface area (Å²) < 4.78 is 13.5. The number of H-pyrrole nitrogens is 1. The molecule has 2 heterocycles. The Kier molecular flexibility index (Phi) is 3.45. The number of nitrogens with one attached hydrogen (secondary N) is 1. The zero-order valence-electron chi connectivity index (χ0n) is 12.2. The van der Waals surface area contributed by atoms with Crippen LogP contribution in [0.4, 0.5) is 4.39 Å². The van der Waals surface area contributed by atoms with E-state index in [0.717, 1.165) is 16.5 Å². The third-order valence-electron chi connectivity index (χ3n) is 4.41. The number of benzene rings is 1. The largest absolute Gasteiger partial charge is 0.394 e. The molecule has 2 aromatic rings. The number of halogens is 1. The van der Waals surface area contributed by atoms with Crippen molar-refractivity contribution in [3.8, 4) is 0 Å². The summed E-state index contributed by atoms with van der Waals surface area (Å²) in [5.41, 5.74) is 3.65. The molecule has 0 unspecified atom stereocenters. The van der Waals surface area contributed by atoms with E-state index in [1.54, 1.807) is 0 Å². The van der Waals surface area contributed by atoms with Crippen molar-refractivity contribution < 1.29 is 14.3 Å². The zero-order chi connectivity index (χ0) is 15.1. The molecule has 0 spiro atoms. The normalized spacial score (nSPS) is 22.2. The maximum atomic E-state index is 13.5. The van der Waals surface area contributed by atoms with Gasteiger partial charge in [0.1, 0.15) is 11.9 Å². The molecule has 1 aromatic carbocycles. The Morgan fingerprint density at radius 1 is 1.48 bits per heavy atom. The fraction of sp³-hybridized carbons (Fsp3) is 0.438. The molecule has 0 aliphatic carbocycles. The topological polar surface area (TPSA) is 56.3 Å². The van der Waals surface area contributed by atoms with Crippen LogP contribution >= 0.6 is 0 Å². The predicted molar refractivity (Wildman–Crippen MR) is 79.2 cm³/mol. The van der Waals surface area contributed by atoms with Gasteiger partial charge < -0.3 is 15.0 Å². The molecule has 112 valence electrons. The van der Waals surface area contributed by atoms with E-state index in [0.29, 0.717) is 5.69 Å². The molecule has 2 N–H and O–H groups in total. The first kappa shape index (κ1) is 14.1. The summed E-state index contributed by atoms with van der Waals surface area (Å²) >= 11 is 0. The molecule has 3 rings (SSSR count). The van der Waals surface area contributed by atoms with Crippen molar-refractivity contribution in [2.75, 3.05) is 13.2 Å². The summed E-state index contributed by atoms with van der Waals surface area (Å²) in [5, 5.41) is 10.3. The van der Waals surface area contributed by atoms with E-state index in [1.165, 1.54) is 10.5 Å². The number of aromatic amines is 1. The number of carbonyl (C=O) groups excluding carboxylic acids is 1. The van der Waals surface area contributed by atoms with Crippen molar-refractivity contribution >= 4 is 16.8 Å². The summed E-state index contributed by atoms with van der Waals surface area (Å²) in [7, 11) is 0. The smallest absolute Gasteiger partial charge is 0.270 e. The molecule has 4 nitrogen and oxygen atoms in total. The van der Waals surface area contributed by atoms with Crippen molar-refractivity contribution in [2.45, 2.75) is 32.5 Å². The Balaban J connectivity index is 1.97. The highest BCUT2D eigenvalue weighted by molar-refractivity contribution is 5.99. The quantitative estimate of drug-likeness (QED) is 0.892. The van der Waals surface area contributed by atoms with Gasteiger partial charge in [-0.15, -0.1) is 0 Å². The highest BCUT2D eigenvalue weighted by Crippen LogP contribution is 2.26. The zero-order valence-corrected chi connectivity index (χ0v) is 12.2. The molecule has 1 aliphatic heterocycles. The van der Waals surface area contributed by atoms with Crippen LogP contribution < -0.4 is 0 Å². The van der Waals surface area contributed by atoms with Crippen LogP contribution in [0.5, 0.6) is 0 Å². The van der Waals surface area contributed by atoms with Gasteiger partial charge in [0.15, 0.2) is 0 Å². The number of fused-ring (bicyclic) bond motifs is 1. The molecule has 0 radical (unpaired) electrons. The number of amides is 1. The van der Waals surface area contributed by atoms with E-state index in [1.807, 2.05) is 32.0 Å². The van der Waals surface area contributed by atoms with Gasteiger partial charge in [0.2, 0.25) is 0 Å². The molecule has 1 aromatic heterocycles. The van der Waals surface area contributed by atoms with Crippen LogP contribution in [-0.4, -0.2) is 46.3 Å². The number of nitrogens with zero attached hydrogens (tertiary/aromatic N) is 1. The lowest BCUT2D eigenvalue weighted by Crippen LogP contribution is -2.38. The average molecular weight is 290 g/mol. The molecule has 1 saturated heterocycles. The Hall–Kier alpha value is -1.88. The van der Waals surface area contributed by atoms with Gasteiger partial charge in [0, 0.05) is 17.3 Å². The van der Waals surface area contributed by atoms with E-state index < -0.39 is 12.2 Å². The van der Waals surface area contributed by atoms with Crippen molar-refractivity contribution in [2.24, 2.45) is 0 Å². The van der Waals surface area contributed by atoms with Gasteiger partial charge in [-0.2, -0.15) is 0 Å². The van der Waals surface area contributed by atoms with Gasteiger partial charge in [-0.25, -0.2) is 4.39 Å². The second-order valence-electron chi connectivity index (χ2n) is 5.78. The molecule has 1 aliphatic rings. The van der Waals surface area contributed by atoms with E-state index in [-0.39, 0.29) is 25.5 Å². The summed E-state index contributed by atoms with van der Waals surface area (Å²) in [6, 6.07) is 5.34. The molecule has 5 heteroatoms. The van der Waals surface area contributed by atoms with Crippen LogP contribution in [0.2, 0.25) is 0 Å². The number of aromatic nitrogens is 1. The predicted octanol–water partition coefficient (Wildman–Crippen LogP) is 2.33. The van der Waals surface area contributed by atoms with Gasteiger partial charge in [0.25, 0.3) is 5.91 Å². The molecular formula is C16H19FN2O2. The molecule has 0 saturated carbocycles. The maximum Gasteiger partial charge on any atom is 0.270 e. The monoisotopic (exact) mass is 290 g/mol. The van der Waals surface area contributed by atoms with E-state index in [9.17, 15) is 14.3 Å². The van der Waals surface area contributed by atoms with Gasteiger partial charge in [-0.05, 0) is 37.1 Å². The average Bonchev–Trinajstić information content (AvgIpc) is 3.06. The molecular weight excluding hydrogens is 271 g/mol.